The molecular formula is C18H21N3O2S. The highest BCUT2D eigenvalue weighted by atomic mass is 32.1. The summed E-state index contributed by atoms with van der Waals surface area (Å²) in [6.45, 7) is 7.02. The summed E-state index contributed by atoms with van der Waals surface area (Å²) >= 11 is 1.40. The first-order valence-electron chi connectivity index (χ1n) is 7.88. The Bertz CT molecular complexity index is 918. The second-order valence-corrected chi connectivity index (χ2v) is 8.28. The Morgan fingerprint density at radius 1 is 1.38 bits per heavy atom. The summed E-state index contributed by atoms with van der Waals surface area (Å²) in [6.07, 6.45) is 3.12. The molecular weight excluding hydrogens is 322 g/mol. The van der Waals surface area contributed by atoms with E-state index in [0.717, 1.165) is 27.8 Å². The van der Waals surface area contributed by atoms with Crippen molar-refractivity contribution in [2.45, 2.75) is 27.2 Å². The highest BCUT2D eigenvalue weighted by Gasteiger charge is 2.21. The summed E-state index contributed by atoms with van der Waals surface area (Å²) < 4.78 is 1.94. The highest BCUT2D eigenvalue weighted by Crippen LogP contribution is 2.26. The van der Waals surface area contributed by atoms with Crippen LogP contribution in [0.15, 0.2) is 24.4 Å². The van der Waals surface area contributed by atoms with Crippen LogP contribution in [-0.2, 0) is 11.2 Å². The zero-order valence-corrected chi connectivity index (χ0v) is 15.2. The Kier molecular flexibility index (Phi) is 4.17. The number of rotatable bonds is 4. The van der Waals surface area contributed by atoms with Crippen molar-refractivity contribution in [1.29, 1.82) is 0 Å². The maximum Gasteiger partial charge on any atom is 0.265 e. The lowest BCUT2D eigenvalue weighted by Gasteiger charge is -2.26. The van der Waals surface area contributed by atoms with Crippen molar-refractivity contribution in [3.63, 3.8) is 0 Å². The summed E-state index contributed by atoms with van der Waals surface area (Å²) in [5.41, 5.74) is 2.80. The lowest BCUT2D eigenvalue weighted by Crippen LogP contribution is -2.34. The van der Waals surface area contributed by atoms with Crippen molar-refractivity contribution < 1.29 is 9.59 Å². The fourth-order valence-electron chi connectivity index (χ4n) is 2.85. The SMILES string of the molecule is CN(CC(C)(C)C)C(=O)c1cn2c(nc3ccc(CC=O)cc32)s1. The van der Waals surface area contributed by atoms with Gasteiger partial charge in [-0.05, 0) is 23.1 Å². The van der Waals surface area contributed by atoms with Crippen molar-refractivity contribution in [2.24, 2.45) is 5.41 Å². The molecule has 0 radical (unpaired) electrons. The van der Waals surface area contributed by atoms with Crippen LogP contribution < -0.4 is 0 Å². The van der Waals surface area contributed by atoms with Crippen LogP contribution in [0.1, 0.15) is 36.0 Å². The van der Waals surface area contributed by atoms with Crippen LogP contribution in [0.3, 0.4) is 0 Å². The predicted octanol–water partition coefficient (Wildman–Crippen LogP) is 3.41. The molecule has 24 heavy (non-hydrogen) atoms. The van der Waals surface area contributed by atoms with Gasteiger partial charge in [0, 0.05) is 26.2 Å². The molecule has 5 nitrogen and oxygen atoms in total. The zero-order chi connectivity index (χ0) is 17.5. The predicted molar refractivity (Wildman–Crippen MR) is 96.8 cm³/mol. The van der Waals surface area contributed by atoms with E-state index < -0.39 is 0 Å². The Labute approximate surface area is 144 Å². The molecule has 0 saturated carbocycles. The van der Waals surface area contributed by atoms with Gasteiger partial charge in [0.2, 0.25) is 0 Å². The number of aldehydes is 1. The monoisotopic (exact) mass is 343 g/mol. The second kappa shape index (κ2) is 6.02. The van der Waals surface area contributed by atoms with Gasteiger partial charge in [-0.2, -0.15) is 0 Å². The van der Waals surface area contributed by atoms with Gasteiger partial charge in [-0.25, -0.2) is 4.98 Å². The van der Waals surface area contributed by atoms with Crippen LogP contribution in [0.5, 0.6) is 0 Å². The van der Waals surface area contributed by atoms with Crippen LogP contribution in [-0.4, -0.2) is 40.1 Å². The molecule has 0 spiro atoms. The molecule has 2 aromatic heterocycles. The number of fused-ring (bicyclic) bond motifs is 3. The van der Waals surface area contributed by atoms with Crippen LogP contribution in [0.2, 0.25) is 0 Å². The number of nitrogens with zero attached hydrogens (tertiary/aromatic N) is 3. The molecule has 0 atom stereocenters. The summed E-state index contributed by atoms with van der Waals surface area (Å²) in [5.74, 6) is 0.0117. The second-order valence-electron chi connectivity index (χ2n) is 7.28. The lowest BCUT2D eigenvalue weighted by molar-refractivity contribution is -0.107. The zero-order valence-electron chi connectivity index (χ0n) is 14.4. The summed E-state index contributed by atoms with van der Waals surface area (Å²) in [6, 6.07) is 5.79. The molecule has 0 N–H and O–H groups in total. The van der Waals surface area contributed by atoms with E-state index in [2.05, 4.69) is 25.8 Å². The Morgan fingerprint density at radius 2 is 2.12 bits per heavy atom. The standard InChI is InChI=1S/C18H21N3O2S/c1-18(2,3)11-20(4)16(23)15-10-21-14-9-12(7-8-22)5-6-13(14)19-17(21)24-15/h5-6,8-10H,7,11H2,1-4H3. The van der Waals surface area contributed by atoms with E-state index in [4.69, 9.17) is 0 Å². The quantitative estimate of drug-likeness (QED) is 0.682. The largest absolute Gasteiger partial charge is 0.340 e. The fraction of sp³-hybridized carbons (Fsp3) is 0.389. The molecule has 0 fully saturated rings. The topological polar surface area (TPSA) is 54.7 Å². The third-order valence-electron chi connectivity index (χ3n) is 3.76. The number of benzene rings is 1. The van der Waals surface area contributed by atoms with Gasteiger partial charge < -0.3 is 9.69 Å². The molecule has 126 valence electrons. The number of hydrogen-bond donors (Lipinski definition) is 0. The van der Waals surface area contributed by atoms with Crippen molar-refractivity contribution in [2.75, 3.05) is 13.6 Å². The van der Waals surface area contributed by atoms with E-state index >= 15 is 0 Å². The molecule has 1 amide bonds. The fourth-order valence-corrected chi connectivity index (χ4v) is 3.84. The molecule has 2 heterocycles. The van der Waals surface area contributed by atoms with Gasteiger partial charge >= 0.3 is 0 Å². The van der Waals surface area contributed by atoms with E-state index in [1.54, 1.807) is 4.90 Å². The molecule has 0 aliphatic heterocycles. The first kappa shape index (κ1) is 16.6. The first-order chi connectivity index (χ1) is 11.3. The van der Waals surface area contributed by atoms with Gasteiger partial charge in [0.05, 0.1) is 11.0 Å². The molecule has 0 unspecified atom stereocenters. The minimum Gasteiger partial charge on any atom is -0.340 e. The molecule has 3 rings (SSSR count). The van der Waals surface area contributed by atoms with Gasteiger partial charge in [0.1, 0.15) is 11.2 Å². The molecule has 0 bridgehead atoms. The first-order valence-corrected chi connectivity index (χ1v) is 8.70. The summed E-state index contributed by atoms with van der Waals surface area (Å²) in [4.78, 5) is 31.2. The number of carbonyl (C=O) groups is 2. The Morgan fingerprint density at radius 3 is 2.79 bits per heavy atom. The van der Waals surface area contributed by atoms with Crippen LogP contribution in [0, 0.1) is 5.41 Å². The number of hydrogen-bond acceptors (Lipinski definition) is 4. The smallest absolute Gasteiger partial charge is 0.265 e. The molecule has 0 aliphatic rings. The van der Waals surface area contributed by atoms with E-state index in [9.17, 15) is 9.59 Å². The van der Waals surface area contributed by atoms with E-state index in [1.807, 2.05) is 35.8 Å². The van der Waals surface area contributed by atoms with Crippen molar-refractivity contribution >= 4 is 39.5 Å². The maximum absolute atomic E-state index is 12.6. The Balaban J connectivity index is 1.97. The van der Waals surface area contributed by atoms with E-state index in [1.165, 1.54) is 11.3 Å². The molecule has 1 aromatic carbocycles. The van der Waals surface area contributed by atoms with Crippen LogP contribution in [0.25, 0.3) is 16.0 Å². The van der Waals surface area contributed by atoms with Crippen molar-refractivity contribution in [3.05, 3.63) is 34.8 Å². The molecule has 3 aromatic rings. The number of imidazole rings is 1. The average molecular weight is 343 g/mol. The third-order valence-corrected chi connectivity index (χ3v) is 4.73. The summed E-state index contributed by atoms with van der Waals surface area (Å²) in [7, 11) is 1.83. The lowest BCUT2D eigenvalue weighted by atomic mass is 9.96. The van der Waals surface area contributed by atoms with Gasteiger partial charge in [-0.3, -0.25) is 9.20 Å². The third kappa shape index (κ3) is 3.19. The average Bonchev–Trinajstić information content (AvgIpc) is 3.03. The Hall–Kier alpha value is -2.21. The molecule has 6 heteroatoms. The minimum atomic E-state index is 0.0117. The van der Waals surface area contributed by atoms with E-state index in [-0.39, 0.29) is 11.3 Å². The number of amides is 1. The maximum atomic E-state index is 12.6. The minimum absolute atomic E-state index is 0.0117. The van der Waals surface area contributed by atoms with Crippen molar-refractivity contribution in [3.8, 4) is 0 Å². The number of thiazole rings is 1. The highest BCUT2D eigenvalue weighted by molar-refractivity contribution is 7.18. The van der Waals surface area contributed by atoms with Gasteiger partial charge in [-0.1, -0.05) is 38.2 Å². The number of carbonyl (C=O) groups excluding carboxylic acids is 2. The van der Waals surface area contributed by atoms with Crippen molar-refractivity contribution in [1.82, 2.24) is 14.3 Å². The van der Waals surface area contributed by atoms with Gasteiger partial charge in [-0.15, -0.1) is 0 Å². The number of aromatic nitrogens is 2. The molecule has 0 aliphatic carbocycles. The van der Waals surface area contributed by atoms with Crippen LogP contribution in [0.4, 0.5) is 0 Å². The van der Waals surface area contributed by atoms with Gasteiger partial charge in [0.15, 0.2) is 4.96 Å². The van der Waals surface area contributed by atoms with Crippen LogP contribution >= 0.6 is 11.3 Å². The molecule has 0 saturated heterocycles. The normalized spacial score (nSPS) is 12.0. The summed E-state index contributed by atoms with van der Waals surface area (Å²) in [5, 5.41) is 0. The van der Waals surface area contributed by atoms with Gasteiger partial charge in [0.25, 0.3) is 5.91 Å². The van der Waals surface area contributed by atoms with E-state index in [0.29, 0.717) is 17.8 Å².